The molecule has 0 aromatic carbocycles. The van der Waals surface area contributed by atoms with Crippen molar-refractivity contribution >= 4 is 6.03 Å². The summed E-state index contributed by atoms with van der Waals surface area (Å²) < 4.78 is 7.73. The van der Waals surface area contributed by atoms with Crippen LogP contribution in [-0.4, -0.2) is 52.5 Å². The summed E-state index contributed by atoms with van der Waals surface area (Å²) in [6.45, 7) is 3.43. The number of carbonyl (C=O) groups is 1. The number of urea groups is 1. The van der Waals surface area contributed by atoms with Crippen LogP contribution in [0.4, 0.5) is 4.79 Å². The van der Waals surface area contributed by atoms with Crippen LogP contribution in [0.5, 0.6) is 0 Å². The van der Waals surface area contributed by atoms with E-state index in [-0.39, 0.29) is 6.03 Å². The average molecular weight is 321 g/mol. The van der Waals surface area contributed by atoms with Crippen molar-refractivity contribution in [2.75, 3.05) is 26.8 Å². The summed E-state index contributed by atoms with van der Waals surface area (Å²) in [5.41, 5.74) is 0. The van der Waals surface area contributed by atoms with Crippen LogP contribution >= 0.6 is 0 Å². The molecular formula is C16H27N5O2. The zero-order chi connectivity index (χ0) is 16.1. The number of ether oxygens (including phenoxy) is 1. The number of hydrogen-bond donors (Lipinski definition) is 1. The van der Waals surface area contributed by atoms with E-state index in [1.165, 1.54) is 25.7 Å². The minimum absolute atomic E-state index is 0.0917. The molecule has 1 aromatic heterocycles. The summed E-state index contributed by atoms with van der Waals surface area (Å²) in [4.78, 5) is 13.8. The minimum atomic E-state index is -0.0917. The SMILES string of the molecule is CN(CCOCC1CC1)C(=O)NCc1nnc2n1CCCCC2. The zero-order valence-electron chi connectivity index (χ0n) is 14.0. The number of nitrogens with one attached hydrogen (secondary N) is 1. The van der Waals surface area contributed by atoms with Gasteiger partial charge in [-0.3, -0.25) is 0 Å². The van der Waals surface area contributed by atoms with Crippen LogP contribution in [0.3, 0.4) is 0 Å². The van der Waals surface area contributed by atoms with Crippen molar-refractivity contribution < 1.29 is 9.53 Å². The predicted molar refractivity (Wildman–Crippen MR) is 86.0 cm³/mol. The first-order valence-corrected chi connectivity index (χ1v) is 8.71. The van der Waals surface area contributed by atoms with Gasteiger partial charge in [-0.15, -0.1) is 10.2 Å². The van der Waals surface area contributed by atoms with Gasteiger partial charge in [0.2, 0.25) is 0 Å². The van der Waals surface area contributed by atoms with Crippen LogP contribution < -0.4 is 5.32 Å². The number of amides is 2. The number of nitrogens with zero attached hydrogens (tertiary/aromatic N) is 4. The van der Waals surface area contributed by atoms with Gasteiger partial charge in [0.05, 0.1) is 13.2 Å². The van der Waals surface area contributed by atoms with Crippen molar-refractivity contribution in [3.63, 3.8) is 0 Å². The Kier molecular flexibility index (Phi) is 5.48. The predicted octanol–water partition coefficient (Wildman–Crippen LogP) is 1.57. The molecule has 1 aliphatic heterocycles. The normalized spacial score (nSPS) is 17.4. The number of carbonyl (C=O) groups excluding carboxylic acids is 1. The molecule has 0 saturated heterocycles. The minimum Gasteiger partial charge on any atom is -0.379 e. The second kappa shape index (κ2) is 7.77. The molecule has 1 aromatic rings. The lowest BCUT2D eigenvalue weighted by Crippen LogP contribution is -2.39. The van der Waals surface area contributed by atoms with Crippen LogP contribution in [0.15, 0.2) is 0 Å². The first kappa shape index (κ1) is 16.2. The van der Waals surface area contributed by atoms with Gasteiger partial charge in [-0.1, -0.05) is 6.42 Å². The highest BCUT2D eigenvalue weighted by atomic mass is 16.5. The van der Waals surface area contributed by atoms with E-state index >= 15 is 0 Å². The first-order valence-electron chi connectivity index (χ1n) is 8.71. The lowest BCUT2D eigenvalue weighted by atomic mass is 10.2. The number of hydrogen-bond acceptors (Lipinski definition) is 4. The van der Waals surface area contributed by atoms with Gasteiger partial charge in [0, 0.05) is 33.2 Å². The molecule has 7 nitrogen and oxygen atoms in total. The van der Waals surface area contributed by atoms with Gasteiger partial charge in [-0.05, 0) is 31.6 Å². The molecule has 2 amide bonds. The monoisotopic (exact) mass is 321 g/mol. The number of aryl methyl sites for hydroxylation is 1. The summed E-state index contributed by atoms with van der Waals surface area (Å²) in [5, 5.41) is 11.4. The van der Waals surface area contributed by atoms with Crippen molar-refractivity contribution in [3.8, 4) is 0 Å². The van der Waals surface area contributed by atoms with Crippen LogP contribution in [0.25, 0.3) is 0 Å². The Morgan fingerprint density at radius 3 is 3.04 bits per heavy atom. The molecule has 0 radical (unpaired) electrons. The van der Waals surface area contributed by atoms with E-state index in [0.717, 1.165) is 43.6 Å². The Labute approximate surface area is 137 Å². The quantitative estimate of drug-likeness (QED) is 0.774. The highest BCUT2D eigenvalue weighted by Crippen LogP contribution is 2.28. The van der Waals surface area contributed by atoms with E-state index in [9.17, 15) is 4.79 Å². The maximum Gasteiger partial charge on any atom is 0.317 e. The molecule has 2 aliphatic rings. The fraction of sp³-hybridized carbons (Fsp3) is 0.812. The maximum atomic E-state index is 12.1. The number of rotatable bonds is 7. The van der Waals surface area contributed by atoms with Crippen LogP contribution in [-0.2, 0) is 24.2 Å². The first-order chi connectivity index (χ1) is 11.2. The Hall–Kier alpha value is -1.63. The molecule has 1 fully saturated rings. The molecule has 0 atom stereocenters. The average Bonchev–Trinajstić information content (AvgIpc) is 3.34. The highest BCUT2D eigenvalue weighted by Gasteiger charge is 2.21. The Balaban J connectivity index is 1.40. The molecule has 0 bridgehead atoms. The van der Waals surface area contributed by atoms with Crippen LogP contribution in [0.1, 0.15) is 43.8 Å². The lowest BCUT2D eigenvalue weighted by molar-refractivity contribution is 0.107. The van der Waals surface area contributed by atoms with Crippen molar-refractivity contribution in [2.45, 2.75) is 51.6 Å². The molecule has 1 aliphatic carbocycles. The summed E-state index contributed by atoms with van der Waals surface area (Å²) in [5.74, 6) is 2.67. The third-order valence-corrected chi connectivity index (χ3v) is 4.55. The molecule has 2 heterocycles. The van der Waals surface area contributed by atoms with E-state index < -0.39 is 0 Å². The molecule has 1 N–H and O–H groups in total. The number of likely N-dealkylation sites (N-methyl/N-ethyl adjacent to an activating group) is 1. The third kappa shape index (κ3) is 4.67. The molecule has 128 valence electrons. The molecule has 1 saturated carbocycles. The van der Waals surface area contributed by atoms with Gasteiger partial charge in [0.15, 0.2) is 5.82 Å². The molecule has 0 unspecified atom stereocenters. The number of fused-ring (bicyclic) bond motifs is 1. The van der Waals surface area contributed by atoms with Crippen molar-refractivity contribution in [1.82, 2.24) is 25.0 Å². The second-order valence-electron chi connectivity index (χ2n) is 6.59. The Bertz CT molecular complexity index is 527. The number of aromatic nitrogens is 3. The van der Waals surface area contributed by atoms with E-state index in [1.807, 2.05) is 0 Å². The molecule has 23 heavy (non-hydrogen) atoms. The van der Waals surface area contributed by atoms with E-state index in [4.69, 9.17) is 4.74 Å². The third-order valence-electron chi connectivity index (χ3n) is 4.55. The van der Waals surface area contributed by atoms with Gasteiger partial charge >= 0.3 is 6.03 Å². The molecule has 3 rings (SSSR count). The largest absolute Gasteiger partial charge is 0.379 e. The summed E-state index contributed by atoms with van der Waals surface area (Å²) in [6, 6.07) is -0.0917. The van der Waals surface area contributed by atoms with E-state index in [1.54, 1.807) is 11.9 Å². The van der Waals surface area contributed by atoms with Gasteiger partial charge in [-0.2, -0.15) is 0 Å². The van der Waals surface area contributed by atoms with E-state index in [2.05, 4.69) is 20.1 Å². The smallest absolute Gasteiger partial charge is 0.317 e. The van der Waals surface area contributed by atoms with E-state index in [0.29, 0.717) is 19.7 Å². The summed E-state index contributed by atoms with van der Waals surface area (Å²) >= 11 is 0. The summed E-state index contributed by atoms with van der Waals surface area (Å²) in [7, 11) is 1.79. The topological polar surface area (TPSA) is 72.3 Å². The van der Waals surface area contributed by atoms with Crippen molar-refractivity contribution in [2.24, 2.45) is 5.92 Å². The fourth-order valence-electron chi connectivity index (χ4n) is 2.80. The van der Waals surface area contributed by atoms with Gasteiger partial charge < -0.3 is 19.5 Å². The zero-order valence-corrected chi connectivity index (χ0v) is 14.0. The van der Waals surface area contributed by atoms with Gasteiger partial charge in [-0.25, -0.2) is 4.79 Å². The maximum absolute atomic E-state index is 12.1. The highest BCUT2D eigenvalue weighted by molar-refractivity contribution is 5.73. The molecular weight excluding hydrogens is 294 g/mol. The van der Waals surface area contributed by atoms with Gasteiger partial charge in [0.1, 0.15) is 5.82 Å². The van der Waals surface area contributed by atoms with Gasteiger partial charge in [0.25, 0.3) is 0 Å². The van der Waals surface area contributed by atoms with Crippen molar-refractivity contribution in [3.05, 3.63) is 11.6 Å². The van der Waals surface area contributed by atoms with Crippen LogP contribution in [0.2, 0.25) is 0 Å². The fourth-order valence-corrected chi connectivity index (χ4v) is 2.80. The lowest BCUT2D eigenvalue weighted by Gasteiger charge is -2.18. The van der Waals surface area contributed by atoms with Crippen LogP contribution in [0, 0.1) is 5.92 Å². The Morgan fingerprint density at radius 2 is 2.22 bits per heavy atom. The second-order valence-corrected chi connectivity index (χ2v) is 6.59. The molecule has 0 spiro atoms. The Morgan fingerprint density at radius 1 is 1.35 bits per heavy atom. The molecule has 7 heteroatoms. The summed E-state index contributed by atoms with van der Waals surface area (Å²) in [6.07, 6.45) is 7.13. The standard InChI is InChI=1S/C16H27N5O2/c1-20(9-10-23-12-13-6-7-13)16(22)17-11-15-19-18-14-5-3-2-4-8-21(14)15/h13H,2-12H2,1H3,(H,17,22). The van der Waals surface area contributed by atoms with Crippen molar-refractivity contribution in [1.29, 1.82) is 0 Å².